The lowest BCUT2D eigenvalue weighted by molar-refractivity contribution is 0.0490. The summed E-state index contributed by atoms with van der Waals surface area (Å²) in [5.74, 6) is -1.24. The lowest BCUT2D eigenvalue weighted by Gasteiger charge is -2.19. The number of nitrogens with zero attached hydrogens (tertiary/aromatic N) is 1. The molecule has 150 valence electrons. The van der Waals surface area contributed by atoms with Gasteiger partial charge in [-0.2, -0.15) is 0 Å². The Balaban J connectivity index is 2.76. The zero-order valence-corrected chi connectivity index (χ0v) is 16.3. The number of ether oxygens (including phenoxy) is 4. The first kappa shape index (κ1) is 22.2. The number of carbonyl (C=O) groups excluding carboxylic acids is 3. The first-order valence-corrected chi connectivity index (χ1v) is 8.62. The zero-order valence-electron chi connectivity index (χ0n) is 16.3. The van der Waals surface area contributed by atoms with Gasteiger partial charge in [-0.15, -0.1) is 0 Å². The van der Waals surface area contributed by atoms with E-state index in [0.29, 0.717) is 0 Å². The molecule has 0 aliphatic heterocycles. The number of pyridine rings is 1. The van der Waals surface area contributed by atoms with Gasteiger partial charge in [-0.05, 0) is 46.8 Å². The molecule has 0 saturated carbocycles. The molecule has 1 rings (SSSR count). The van der Waals surface area contributed by atoms with Crippen LogP contribution >= 0.6 is 0 Å². The van der Waals surface area contributed by atoms with Gasteiger partial charge in [-0.25, -0.2) is 19.4 Å². The summed E-state index contributed by atoms with van der Waals surface area (Å²) in [5.41, 5.74) is -0.770. The van der Waals surface area contributed by atoms with Crippen LogP contribution in [0.3, 0.4) is 0 Å². The maximum absolute atomic E-state index is 12.1. The van der Waals surface area contributed by atoms with Crippen LogP contribution in [-0.4, -0.2) is 55.0 Å². The molecule has 0 aliphatic rings. The number of carbonyl (C=O) groups is 3. The molecule has 9 heteroatoms. The Morgan fingerprint density at radius 3 is 2.26 bits per heavy atom. The Kier molecular flexibility index (Phi) is 8.50. The van der Waals surface area contributed by atoms with Gasteiger partial charge in [0.15, 0.2) is 11.4 Å². The molecular formula is C18H26N2O7. The topological polar surface area (TPSA) is 113 Å². The van der Waals surface area contributed by atoms with E-state index in [2.05, 4.69) is 10.3 Å². The van der Waals surface area contributed by atoms with E-state index < -0.39 is 23.6 Å². The maximum atomic E-state index is 12.1. The number of hydrogen-bond acceptors (Lipinski definition) is 8. The normalized spacial score (nSPS) is 10.7. The number of nitrogens with one attached hydrogen (secondary N) is 1. The number of amides is 1. The van der Waals surface area contributed by atoms with Crippen molar-refractivity contribution in [3.05, 3.63) is 23.5 Å². The number of rotatable bonds is 8. The van der Waals surface area contributed by atoms with Crippen molar-refractivity contribution in [3.8, 4) is 5.75 Å². The van der Waals surface area contributed by atoms with E-state index in [9.17, 15) is 14.4 Å². The Labute approximate surface area is 158 Å². The van der Waals surface area contributed by atoms with Crippen LogP contribution in [0, 0.1) is 0 Å². The Bertz CT molecular complexity index is 668. The summed E-state index contributed by atoms with van der Waals surface area (Å²) in [4.78, 5) is 39.5. The minimum atomic E-state index is -0.723. The van der Waals surface area contributed by atoms with Crippen LogP contribution in [0.2, 0.25) is 0 Å². The number of esters is 2. The number of hydrogen-bond donors (Lipinski definition) is 1. The highest BCUT2D eigenvalue weighted by Gasteiger charge is 2.20. The predicted octanol–water partition coefficient (Wildman–Crippen LogP) is 2.34. The summed E-state index contributed by atoms with van der Waals surface area (Å²) >= 11 is 0. The fraction of sp³-hybridized carbons (Fsp3) is 0.556. The summed E-state index contributed by atoms with van der Waals surface area (Å²) in [6, 6.07) is 2.82. The van der Waals surface area contributed by atoms with E-state index in [1.165, 1.54) is 12.1 Å². The van der Waals surface area contributed by atoms with Gasteiger partial charge in [-0.1, -0.05) is 0 Å². The molecule has 1 heterocycles. The van der Waals surface area contributed by atoms with Crippen molar-refractivity contribution in [2.24, 2.45) is 0 Å². The van der Waals surface area contributed by atoms with Crippen molar-refractivity contribution < 1.29 is 33.3 Å². The molecule has 0 atom stereocenters. The highest BCUT2D eigenvalue weighted by molar-refractivity contribution is 5.93. The van der Waals surface area contributed by atoms with Crippen LogP contribution in [0.25, 0.3) is 0 Å². The van der Waals surface area contributed by atoms with E-state index in [4.69, 9.17) is 18.9 Å². The third kappa shape index (κ3) is 7.93. The largest absolute Gasteiger partial charge is 0.489 e. The first-order valence-electron chi connectivity index (χ1n) is 8.62. The minimum absolute atomic E-state index is 0.0286. The van der Waals surface area contributed by atoms with Crippen LogP contribution in [0.4, 0.5) is 4.79 Å². The summed E-state index contributed by atoms with van der Waals surface area (Å²) < 4.78 is 20.4. The molecule has 0 aromatic carbocycles. The molecule has 0 saturated heterocycles. The molecule has 0 spiro atoms. The third-order valence-electron chi connectivity index (χ3n) is 2.84. The Morgan fingerprint density at radius 2 is 1.67 bits per heavy atom. The van der Waals surface area contributed by atoms with Gasteiger partial charge in [-0.3, -0.25) is 0 Å². The van der Waals surface area contributed by atoms with Crippen molar-refractivity contribution in [3.63, 3.8) is 0 Å². The second kappa shape index (κ2) is 10.3. The highest BCUT2D eigenvalue weighted by Crippen LogP contribution is 2.19. The quantitative estimate of drug-likeness (QED) is 0.414. The van der Waals surface area contributed by atoms with Crippen molar-refractivity contribution >= 4 is 18.0 Å². The number of alkyl carbamates (subject to hydrolysis) is 1. The second-order valence-corrected chi connectivity index (χ2v) is 6.26. The van der Waals surface area contributed by atoms with E-state index >= 15 is 0 Å². The van der Waals surface area contributed by atoms with Crippen molar-refractivity contribution in [2.45, 2.75) is 40.2 Å². The maximum Gasteiger partial charge on any atom is 0.407 e. The van der Waals surface area contributed by atoms with Gasteiger partial charge in [0, 0.05) is 0 Å². The summed E-state index contributed by atoms with van der Waals surface area (Å²) in [5, 5.41) is 2.53. The molecular weight excluding hydrogens is 356 g/mol. The fourth-order valence-corrected chi connectivity index (χ4v) is 1.86. The molecule has 0 bridgehead atoms. The first-order chi connectivity index (χ1) is 12.7. The molecule has 1 aromatic rings. The van der Waals surface area contributed by atoms with E-state index in [0.717, 1.165) is 0 Å². The Morgan fingerprint density at radius 1 is 1.04 bits per heavy atom. The molecule has 1 amide bonds. The van der Waals surface area contributed by atoms with E-state index in [-0.39, 0.29) is 43.5 Å². The molecule has 0 fully saturated rings. The lowest BCUT2D eigenvalue weighted by Crippen LogP contribution is -2.34. The van der Waals surface area contributed by atoms with Crippen LogP contribution in [0.15, 0.2) is 12.1 Å². The standard InChI is InChI=1S/C18H26N2O7/c1-6-24-15(21)12-8-9-13(14(20-12)16(22)25-7-2)26-11-10-19-17(23)27-18(3,4)5/h8-9H,6-7,10-11H2,1-5H3,(H,19,23). The van der Waals surface area contributed by atoms with Gasteiger partial charge < -0.3 is 24.3 Å². The number of aromatic nitrogens is 1. The smallest absolute Gasteiger partial charge is 0.407 e. The van der Waals surface area contributed by atoms with Crippen LogP contribution in [0.1, 0.15) is 55.6 Å². The summed E-state index contributed by atoms with van der Waals surface area (Å²) in [6.07, 6.45) is -0.576. The van der Waals surface area contributed by atoms with Gasteiger partial charge >= 0.3 is 18.0 Å². The van der Waals surface area contributed by atoms with Crippen LogP contribution in [-0.2, 0) is 14.2 Å². The average molecular weight is 382 g/mol. The molecule has 9 nitrogen and oxygen atoms in total. The molecule has 1 aromatic heterocycles. The fourth-order valence-electron chi connectivity index (χ4n) is 1.86. The van der Waals surface area contributed by atoms with Gasteiger partial charge in [0.2, 0.25) is 0 Å². The SMILES string of the molecule is CCOC(=O)c1ccc(OCCNC(=O)OC(C)(C)C)c(C(=O)OCC)n1. The highest BCUT2D eigenvalue weighted by atomic mass is 16.6. The Hall–Kier alpha value is -2.84. The van der Waals surface area contributed by atoms with E-state index in [1.807, 2.05) is 0 Å². The summed E-state index contributed by atoms with van der Waals surface area (Å²) in [6.45, 7) is 9.12. The van der Waals surface area contributed by atoms with Crippen LogP contribution < -0.4 is 10.1 Å². The van der Waals surface area contributed by atoms with Crippen LogP contribution in [0.5, 0.6) is 5.75 Å². The molecule has 1 N–H and O–H groups in total. The van der Waals surface area contributed by atoms with Crippen molar-refractivity contribution in [2.75, 3.05) is 26.4 Å². The monoisotopic (exact) mass is 382 g/mol. The van der Waals surface area contributed by atoms with Gasteiger partial charge in [0.25, 0.3) is 0 Å². The van der Waals surface area contributed by atoms with Crippen molar-refractivity contribution in [1.82, 2.24) is 10.3 Å². The molecule has 0 aliphatic carbocycles. The van der Waals surface area contributed by atoms with Gasteiger partial charge in [0.05, 0.1) is 19.8 Å². The third-order valence-corrected chi connectivity index (χ3v) is 2.84. The molecule has 0 unspecified atom stereocenters. The minimum Gasteiger partial charge on any atom is -0.489 e. The molecule has 27 heavy (non-hydrogen) atoms. The van der Waals surface area contributed by atoms with E-state index in [1.54, 1.807) is 34.6 Å². The summed E-state index contributed by atoms with van der Waals surface area (Å²) in [7, 11) is 0. The average Bonchev–Trinajstić information content (AvgIpc) is 2.57. The molecule has 0 radical (unpaired) electrons. The van der Waals surface area contributed by atoms with Crippen molar-refractivity contribution in [1.29, 1.82) is 0 Å². The predicted molar refractivity (Wildman–Crippen MR) is 95.9 cm³/mol. The van der Waals surface area contributed by atoms with Gasteiger partial charge in [0.1, 0.15) is 17.9 Å². The second-order valence-electron chi connectivity index (χ2n) is 6.26. The zero-order chi connectivity index (χ0) is 20.4. The lowest BCUT2D eigenvalue weighted by atomic mass is 10.2.